The summed E-state index contributed by atoms with van der Waals surface area (Å²) in [6.45, 7) is 9.45. The van der Waals surface area contributed by atoms with Gasteiger partial charge in [-0.15, -0.1) is 0 Å². The van der Waals surface area contributed by atoms with E-state index in [0.29, 0.717) is 5.56 Å². The van der Waals surface area contributed by atoms with Gasteiger partial charge in [-0.25, -0.2) is 0 Å². The molecule has 0 fully saturated rings. The first-order chi connectivity index (χ1) is 11.4. The summed E-state index contributed by atoms with van der Waals surface area (Å²) in [7, 11) is -7.52. The summed E-state index contributed by atoms with van der Waals surface area (Å²) >= 11 is 0. The van der Waals surface area contributed by atoms with Crippen LogP contribution < -0.4 is 0 Å². The summed E-state index contributed by atoms with van der Waals surface area (Å²) in [5.74, 6) is 0. The lowest BCUT2D eigenvalue weighted by Gasteiger charge is -2.31. The van der Waals surface area contributed by atoms with Crippen LogP contribution in [0, 0.1) is 6.92 Å². The highest BCUT2D eigenvalue weighted by Gasteiger charge is 2.51. The molecule has 0 spiro atoms. The van der Waals surface area contributed by atoms with Crippen LogP contribution >= 0.6 is 15.2 Å². The van der Waals surface area contributed by atoms with Gasteiger partial charge in [-0.2, -0.15) is 0 Å². The van der Waals surface area contributed by atoms with Crippen LogP contribution in [0.4, 0.5) is 0 Å². The van der Waals surface area contributed by atoms with Gasteiger partial charge >= 0.3 is 15.2 Å². The van der Waals surface area contributed by atoms with Gasteiger partial charge in [-0.3, -0.25) is 9.13 Å². The lowest BCUT2D eigenvalue weighted by molar-refractivity contribution is 0.195. The van der Waals surface area contributed by atoms with Crippen molar-refractivity contribution in [2.75, 3.05) is 26.4 Å². The third-order valence-electron chi connectivity index (χ3n) is 3.21. The van der Waals surface area contributed by atoms with E-state index in [1.807, 2.05) is 19.1 Å². The third kappa shape index (κ3) is 5.26. The van der Waals surface area contributed by atoms with Gasteiger partial charge in [-0.1, -0.05) is 29.8 Å². The molecule has 0 saturated heterocycles. The Morgan fingerprint density at radius 3 is 1.38 bits per heavy atom. The monoisotopic (exact) mass is 378 g/mol. The van der Waals surface area contributed by atoms with Gasteiger partial charge in [0.05, 0.1) is 26.4 Å². The number of hydrogen-bond donors (Lipinski definition) is 0. The number of aryl methyl sites for hydroxylation is 1. The van der Waals surface area contributed by atoms with Gasteiger partial charge in [0, 0.05) is 0 Å². The molecule has 0 radical (unpaired) electrons. The van der Waals surface area contributed by atoms with Crippen LogP contribution in [0.5, 0.6) is 0 Å². The normalized spacial score (nSPS) is 12.8. The van der Waals surface area contributed by atoms with Crippen molar-refractivity contribution in [3.8, 4) is 0 Å². The molecule has 0 aliphatic carbocycles. The Hall–Kier alpha value is -0.480. The number of benzene rings is 1. The minimum atomic E-state index is -3.76. The van der Waals surface area contributed by atoms with Crippen molar-refractivity contribution >= 4 is 15.2 Å². The molecule has 0 N–H and O–H groups in total. The van der Waals surface area contributed by atoms with Crippen LogP contribution in [0.2, 0.25) is 0 Å². The lowest BCUT2D eigenvalue weighted by Crippen LogP contribution is -2.11. The standard InChI is InChI=1S/C16H28O6P2/c1-6-19-23(17,20-7-2)16(15-12-10-14(5)11-13-15)24(18,21-8-3)22-9-4/h10-13,16H,6-9H2,1-5H3. The Balaban J connectivity index is 3.51. The van der Waals surface area contributed by atoms with Crippen LogP contribution in [0.15, 0.2) is 24.3 Å². The van der Waals surface area contributed by atoms with Crippen molar-refractivity contribution in [2.45, 2.75) is 40.0 Å². The zero-order valence-corrected chi connectivity index (χ0v) is 16.8. The zero-order chi connectivity index (χ0) is 18.2. The molecular weight excluding hydrogens is 350 g/mol. The first kappa shape index (κ1) is 21.6. The van der Waals surface area contributed by atoms with Crippen molar-refractivity contribution in [1.29, 1.82) is 0 Å². The maximum atomic E-state index is 13.4. The predicted molar refractivity (Wildman–Crippen MR) is 95.6 cm³/mol. The fourth-order valence-electron chi connectivity index (χ4n) is 2.35. The molecule has 0 atom stereocenters. The molecule has 0 unspecified atom stereocenters. The molecule has 0 aromatic heterocycles. The highest BCUT2D eigenvalue weighted by atomic mass is 31.2. The minimum absolute atomic E-state index is 0.165. The van der Waals surface area contributed by atoms with E-state index in [0.717, 1.165) is 5.56 Å². The molecule has 0 aliphatic rings. The van der Waals surface area contributed by atoms with Crippen molar-refractivity contribution in [3.63, 3.8) is 0 Å². The minimum Gasteiger partial charge on any atom is -0.308 e. The average molecular weight is 378 g/mol. The second-order valence-corrected chi connectivity index (χ2v) is 9.67. The van der Waals surface area contributed by atoms with Crippen LogP contribution in [0.25, 0.3) is 0 Å². The zero-order valence-electron chi connectivity index (χ0n) is 15.1. The SMILES string of the molecule is CCOP(=O)(OCC)C(c1ccc(C)cc1)P(=O)(OCC)OCC. The molecule has 138 valence electrons. The molecule has 24 heavy (non-hydrogen) atoms. The van der Waals surface area contributed by atoms with E-state index >= 15 is 0 Å². The number of rotatable bonds is 11. The summed E-state index contributed by atoms with van der Waals surface area (Å²) in [5.41, 5.74) is 1.58. The van der Waals surface area contributed by atoms with Crippen molar-refractivity contribution < 1.29 is 27.2 Å². The van der Waals surface area contributed by atoms with Gasteiger partial charge in [0.25, 0.3) is 0 Å². The van der Waals surface area contributed by atoms with Gasteiger partial charge in [-0.05, 0) is 40.2 Å². The van der Waals surface area contributed by atoms with Gasteiger partial charge < -0.3 is 18.1 Å². The van der Waals surface area contributed by atoms with Crippen LogP contribution in [-0.2, 0) is 27.2 Å². The first-order valence-electron chi connectivity index (χ1n) is 8.21. The third-order valence-corrected chi connectivity index (χ3v) is 9.17. The molecule has 0 bridgehead atoms. The van der Waals surface area contributed by atoms with Crippen molar-refractivity contribution in [2.24, 2.45) is 0 Å². The Bertz CT molecular complexity index is 537. The second-order valence-electron chi connectivity index (χ2n) is 5.04. The smallest absolute Gasteiger partial charge is 0.308 e. The molecule has 1 aromatic carbocycles. The van der Waals surface area contributed by atoms with Crippen LogP contribution in [0.1, 0.15) is 44.2 Å². The molecule has 0 saturated carbocycles. The number of hydrogen-bond acceptors (Lipinski definition) is 6. The Morgan fingerprint density at radius 2 is 1.08 bits per heavy atom. The second kappa shape index (κ2) is 9.86. The first-order valence-corrected chi connectivity index (χ1v) is 11.4. The van der Waals surface area contributed by atoms with E-state index < -0.39 is 20.6 Å². The van der Waals surface area contributed by atoms with E-state index in [1.54, 1.807) is 39.8 Å². The van der Waals surface area contributed by atoms with Gasteiger partial charge in [0.1, 0.15) is 0 Å². The van der Waals surface area contributed by atoms with E-state index in [1.165, 1.54) is 0 Å². The summed E-state index contributed by atoms with van der Waals surface area (Å²) in [5, 5.41) is -1.12. The molecular formula is C16H28O6P2. The van der Waals surface area contributed by atoms with Crippen LogP contribution in [-0.4, -0.2) is 26.4 Å². The van der Waals surface area contributed by atoms with E-state index in [9.17, 15) is 9.13 Å². The summed E-state index contributed by atoms with van der Waals surface area (Å²) in [4.78, 5) is 0. The maximum Gasteiger partial charge on any atom is 0.350 e. The largest absolute Gasteiger partial charge is 0.350 e. The van der Waals surface area contributed by atoms with E-state index in [4.69, 9.17) is 18.1 Å². The van der Waals surface area contributed by atoms with Crippen LogP contribution in [0.3, 0.4) is 0 Å². The highest BCUT2D eigenvalue weighted by molar-refractivity contribution is 7.72. The Morgan fingerprint density at radius 1 is 0.750 bits per heavy atom. The van der Waals surface area contributed by atoms with Crippen molar-refractivity contribution in [1.82, 2.24) is 0 Å². The molecule has 1 aromatic rings. The summed E-state index contributed by atoms with van der Waals surface area (Å²) in [6.07, 6.45) is 0. The van der Waals surface area contributed by atoms with Gasteiger partial charge in [0.15, 0.2) is 5.40 Å². The molecule has 0 amide bonds. The molecule has 8 heteroatoms. The van der Waals surface area contributed by atoms with E-state index in [2.05, 4.69) is 0 Å². The lowest BCUT2D eigenvalue weighted by atomic mass is 10.2. The quantitative estimate of drug-likeness (QED) is 0.472. The molecule has 0 heterocycles. The highest BCUT2D eigenvalue weighted by Crippen LogP contribution is 2.78. The van der Waals surface area contributed by atoms with Gasteiger partial charge in [0.2, 0.25) is 0 Å². The van der Waals surface area contributed by atoms with E-state index in [-0.39, 0.29) is 26.4 Å². The fraction of sp³-hybridized carbons (Fsp3) is 0.625. The summed E-state index contributed by atoms with van der Waals surface area (Å²) < 4.78 is 48.7. The molecule has 6 nitrogen and oxygen atoms in total. The fourth-order valence-corrected chi connectivity index (χ4v) is 7.77. The van der Waals surface area contributed by atoms with Crippen molar-refractivity contribution in [3.05, 3.63) is 35.4 Å². The Kier molecular flexibility index (Phi) is 8.86. The molecule has 1 rings (SSSR count). The predicted octanol–water partition coefficient (Wildman–Crippen LogP) is 5.53. The molecule has 0 aliphatic heterocycles. The topological polar surface area (TPSA) is 71.1 Å². The summed E-state index contributed by atoms with van der Waals surface area (Å²) in [6, 6.07) is 7.23. The Labute approximate surface area is 144 Å². The maximum absolute atomic E-state index is 13.4. The average Bonchev–Trinajstić information content (AvgIpc) is 2.50.